The fourth-order valence-electron chi connectivity index (χ4n) is 1.97. The van der Waals surface area contributed by atoms with Gasteiger partial charge < -0.3 is 4.74 Å². The van der Waals surface area contributed by atoms with Gasteiger partial charge in [0.15, 0.2) is 0 Å². The zero-order chi connectivity index (χ0) is 15.5. The number of nitrogens with zero attached hydrogens (tertiary/aromatic N) is 2. The average molecular weight is 314 g/mol. The van der Waals surface area contributed by atoms with Crippen LogP contribution < -0.4 is 10.3 Å². The zero-order valence-corrected chi connectivity index (χ0v) is 12.5. The molecular weight excluding hydrogens is 302 g/mol. The Labute approximate surface area is 131 Å². The molecule has 0 fully saturated rings. The molecule has 1 aromatic carbocycles. The third-order valence-electron chi connectivity index (χ3n) is 3.15. The van der Waals surface area contributed by atoms with Crippen LogP contribution in [0.25, 0.3) is 11.1 Å². The molecule has 2 heterocycles. The van der Waals surface area contributed by atoms with Crippen LogP contribution in [0.3, 0.4) is 0 Å². The van der Waals surface area contributed by atoms with E-state index in [0.29, 0.717) is 17.0 Å². The molecule has 3 aromatic rings. The van der Waals surface area contributed by atoms with Crippen molar-refractivity contribution >= 4 is 11.6 Å². The normalized spacial score (nSPS) is 10.5. The molecule has 0 aliphatic heterocycles. The van der Waals surface area contributed by atoms with Gasteiger partial charge in [-0.3, -0.25) is 4.79 Å². The largest absolute Gasteiger partial charge is 0.439 e. The highest BCUT2D eigenvalue weighted by Crippen LogP contribution is 2.27. The standard InChI is InChI=1S/C16H12ClN3O2/c1-10-4-2-3-5-13(10)22-14-7-6-11(8-18-14)12-9-19-20-16(21)15(12)17/h2-9H,1H3,(H,20,21). The highest BCUT2D eigenvalue weighted by atomic mass is 35.5. The summed E-state index contributed by atoms with van der Waals surface area (Å²) in [5.41, 5.74) is 1.82. The Kier molecular flexibility index (Phi) is 3.89. The number of hydrogen-bond acceptors (Lipinski definition) is 4. The molecule has 0 saturated heterocycles. The number of halogens is 1. The number of nitrogens with one attached hydrogen (secondary N) is 1. The first-order valence-electron chi connectivity index (χ1n) is 6.58. The Hall–Kier alpha value is -2.66. The molecule has 0 saturated carbocycles. The topological polar surface area (TPSA) is 67.9 Å². The molecule has 0 amide bonds. The Morgan fingerprint density at radius 3 is 2.68 bits per heavy atom. The molecule has 2 aromatic heterocycles. The van der Waals surface area contributed by atoms with Gasteiger partial charge in [-0.2, -0.15) is 5.10 Å². The Morgan fingerprint density at radius 2 is 1.95 bits per heavy atom. The van der Waals surface area contributed by atoms with E-state index in [0.717, 1.165) is 11.3 Å². The van der Waals surface area contributed by atoms with Crippen LogP contribution >= 0.6 is 11.6 Å². The van der Waals surface area contributed by atoms with Crippen LogP contribution in [0.4, 0.5) is 0 Å². The summed E-state index contributed by atoms with van der Waals surface area (Å²) in [6.45, 7) is 1.96. The van der Waals surface area contributed by atoms with Crippen molar-refractivity contribution in [2.75, 3.05) is 0 Å². The number of H-pyrrole nitrogens is 1. The van der Waals surface area contributed by atoms with E-state index in [1.54, 1.807) is 18.3 Å². The second kappa shape index (κ2) is 5.99. The van der Waals surface area contributed by atoms with Crippen molar-refractivity contribution in [1.29, 1.82) is 0 Å². The van der Waals surface area contributed by atoms with Crippen molar-refractivity contribution in [1.82, 2.24) is 15.2 Å². The summed E-state index contributed by atoms with van der Waals surface area (Å²) in [4.78, 5) is 15.7. The maximum Gasteiger partial charge on any atom is 0.283 e. The van der Waals surface area contributed by atoms with E-state index in [4.69, 9.17) is 16.3 Å². The lowest BCUT2D eigenvalue weighted by atomic mass is 10.1. The predicted octanol–water partition coefficient (Wildman–Crippen LogP) is 3.59. The number of aryl methyl sites for hydroxylation is 1. The van der Waals surface area contributed by atoms with E-state index < -0.39 is 5.56 Å². The summed E-state index contributed by atoms with van der Waals surface area (Å²) in [6.07, 6.45) is 3.08. The van der Waals surface area contributed by atoms with E-state index in [9.17, 15) is 4.79 Å². The number of hydrogen-bond donors (Lipinski definition) is 1. The molecule has 22 heavy (non-hydrogen) atoms. The zero-order valence-electron chi connectivity index (χ0n) is 11.7. The molecule has 0 bridgehead atoms. The summed E-state index contributed by atoms with van der Waals surface area (Å²) in [5, 5.41) is 6.11. The predicted molar refractivity (Wildman–Crippen MR) is 84.4 cm³/mol. The molecule has 0 radical (unpaired) electrons. The Morgan fingerprint density at radius 1 is 1.14 bits per heavy atom. The van der Waals surface area contributed by atoms with Crippen molar-refractivity contribution in [2.45, 2.75) is 6.92 Å². The maximum absolute atomic E-state index is 11.5. The van der Waals surface area contributed by atoms with Crippen LogP contribution in [0, 0.1) is 6.92 Å². The number of aromatic amines is 1. The third kappa shape index (κ3) is 2.84. The lowest BCUT2D eigenvalue weighted by Crippen LogP contribution is -2.08. The molecule has 0 spiro atoms. The lowest BCUT2D eigenvalue weighted by Gasteiger charge is -2.08. The number of ether oxygens (including phenoxy) is 1. The van der Waals surface area contributed by atoms with Gasteiger partial charge in [-0.25, -0.2) is 10.1 Å². The fraction of sp³-hybridized carbons (Fsp3) is 0.0625. The summed E-state index contributed by atoms with van der Waals surface area (Å²) in [5.74, 6) is 1.21. The van der Waals surface area contributed by atoms with Crippen LogP contribution in [-0.4, -0.2) is 15.2 Å². The molecule has 0 atom stereocenters. The van der Waals surface area contributed by atoms with E-state index >= 15 is 0 Å². The first-order valence-corrected chi connectivity index (χ1v) is 6.96. The summed E-state index contributed by atoms with van der Waals surface area (Å²) < 4.78 is 5.73. The third-order valence-corrected chi connectivity index (χ3v) is 3.53. The van der Waals surface area contributed by atoms with Crippen LogP contribution in [0.15, 0.2) is 53.6 Å². The molecule has 0 aliphatic rings. The molecular formula is C16H12ClN3O2. The number of aromatic nitrogens is 3. The van der Waals surface area contributed by atoms with Crippen LogP contribution in [-0.2, 0) is 0 Å². The van der Waals surface area contributed by atoms with Crippen molar-refractivity contribution in [3.63, 3.8) is 0 Å². The highest BCUT2D eigenvalue weighted by molar-refractivity contribution is 6.33. The molecule has 1 N–H and O–H groups in total. The monoisotopic (exact) mass is 313 g/mol. The van der Waals surface area contributed by atoms with Gasteiger partial charge in [0.05, 0.1) is 6.20 Å². The highest BCUT2D eigenvalue weighted by Gasteiger charge is 2.09. The minimum Gasteiger partial charge on any atom is -0.439 e. The smallest absolute Gasteiger partial charge is 0.283 e. The Balaban J connectivity index is 1.89. The second-order valence-electron chi connectivity index (χ2n) is 4.68. The number of benzene rings is 1. The summed E-state index contributed by atoms with van der Waals surface area (Å²) >= 11 is 5.98. The van der Waals surface area contributed by atoms with E-state index in [2.05, 4.69) is 15.2 Å². The minimum atomic E-state index is -0.431. The van der Waals surface area contributed by atoms with Gasteiger partial charge >= 0.3 is 0 Å². The number of pyridine rings is 1. The molecule has 0 aliphatic carbocycles. The number of para-hydroxylation sites is 1. The quantitative estimate of drug-likeness (QED) is 0.802. The summed E-state index contributed by atoms with van der Waals surface area (Å²) in [7, 11) is 0. The van der Waals surface area contributed by atoms with Crippen molar-refractivity contribution < 1.29 is 4.74 Å². The van der Waals surface area contributed by atoms with E-state index in [1.165, 1.54) is 6.20 Å². The van der Waals surface area contributed by atoms with Gasteiger partial charge in [-0.1, -0.05) is 29.8 Å². The van der Waals surface area contributed by atoms with Gasteiger partial charge in [0.25, 0.3) is 5.56 Å². The van der Waals surface area contributed by atoms with Gasteiger partial charge in [0, 0.05) is 23.4 Å². The van der Waals surface area contributed by atoms with Gasteiger partial charge in [0.2, 0.25) is 5.88 Å². The Bertz CT molecular complexity index is 860. The molecule has 0 unspecified atom stereocenters. The molecule has 6 heteroatoms. The van der Waals surface area contributed by atoms with Gasteiger partial charge in [-0.15, -0.1) is 0 Å². The summed E-state index contributed by atoms with van der Waals surface area (Å²) in [6, 6.07) is 11.2. The first kappa shape index (κ1) is 14.3. The number of rotatable bonds is 3. The SMILES string of the molecule is Cc1ccccc1Oc1ccc(-c2cn[nH]c(=O)c2Cl)cn1. The van der Waals surface area contributed by atoms with Gasteiger partial charge in [0.1, 0.15) is 10.8 Å². The lowest BCUT2D eigenvalue weighted by molar-refractivity contribution is 0.459. The minimum absolute atomic E-state index is 0.0874. The van der Waals surface area contributed by atoms with E-state index in [-0.39, 0.29) is 5.02 Å². The van der Waals surface area contributed by atoms with Gasteiger partial charge in [-0.05, 0) is 24.6 Å². The second-order valence-corrected chi connectivity index (χ2v) is 5.06. The van der Waals surface area contributed by atoms with E-state index in [1.807, 2.05) is 31.2 Å². The van der Waals surface area contributed by atoms with Crippen LogP contribution in [0.2, 0.25) is 5.02 Å². The average Bonchev–Trinajstić information content (AvgIpc) is 2.53. The fourth-order valence-corrected chi connectivity index (χ4v) is 2.17. The first-order chi connectivity index (χ1) is 10.6. The molecule has 110 valence electrons. The van der Waals surface area contributed by atoms with Crippen molar-refractivity contribution in [2.24, 2.45) is 0 Å². The van der Waals surface area contributed by atoms with Crippen LogP contribution in [0.5, 0.6) is 11.6 Å². The maximum atomic E-state index is 11.5. The van der Waals surface area contributed by atoms with Crippen molar-refractivity contribution in [3.8, 4) is 22.8 Å². The molecule has 5 nitrogen and oxygen atoms in total. The molecule has 3 rings (SSSR count). The van der Waals surface area contributed by atoms with Crippen LogP contribution in [0.1, 0.15) is 5.56 Å². The van der Waals surface area contributed by atoms with Crippen molar-refractivity contribution in [3.05, 3.63) is 69.7 Å².